The van der Waals surface area contributed by atoms with Crippen molar-refractivity contribution >= 4 is 22.8 Å². The Bertz CT molecular complexity index is 1280. The van der Waals surface area contributed by atoms with Crippen LogP contribution in [0.25, 0.3) is 0 Å². The van der Waals surface area contributed by atoms with Crippen molar-refractivity contribution in [3.05, 3.63) is 82.4 Å². The van der Waals surface area contributed by atoms with E-state index < -0.39 is 81.1 Å². The van der Waals surface area contributed by atoms with Gasteiger partial charge in [-0.1, -0.05) is 30.8 Å². The standard InChI is InChI=1S/C27H24BF10N/c1-13(2)9-10-28(16-18(29)22(33)26(37)23(34)19(16)30,17-20(31)24(35)27(38)25(36)21(17)32)14-7-3-4-8-15(14)39-11-5-6-12-39/h9-10,14H,1,3-8,11-12H2,2H3/b10-9+/t14-/m0/s1. The molecule has 2 aliphatic rings. The molecule has 1 aliphatic carbocycles. The van der Waals surface area contributed by atoms with Crippen molar-refractivity contribution in [2.75, 3.05) is 13.1 Å². The summed E-state index contributed by atoms with van der Waals surface area (Å²) in [6.45, 7) is 5.85. The Morgan fingerprint density at radius 2 is 1.08 bits per heavy atom. The van der Waals surface area contributed by atoms with Crippen LogP contribution >= 0.6 is 0 Å². The molecule has 0 amide bonds. The maximum absolute atomic E-state index is 15.6. The normalized spacial score (nSPS) is 18.5. The van der Waals surface area contributed by atoms with Gasteiger partial charge >= 0.3 is 0 Å². The Morgan fingerprint density at radius 3 is 1.49 bits per heavy atom. The molecule has 0 aromatic heterocycles. The van der Waals surface area contributed by atoms with Gasteiger partial charge < -0.3 is 0 Å². The molecule has 12 heteroatoms. The van der Waals surface area contributed by atoms with Crippen molar-refractivity contribution in [2.24, 2.45) is 0 Å². The molecular formula is C27H24BF10N. The summed E-state index contributed by atoms with van der Waals surface area (Å²) in [5.41, 5.74) is -2.75. The highest BCUT2D eigenvalue weighted by Gasteiger charge is 2.49. The predicted molar refractivity (Wildman–Crippen MR) is 128 cm³/mol. The number of hydrogen-bond acceptors (Lipinski definition) is 0. The second kappa shape index (κ2) is 10.8. The Morgan fingerprint density at radius 1 is 0.667 bits per heavy atom. The number of benzene rings is 2. The Labute approximate surface area is 218 Å². The van der Waals surface area contributed by atoms with Gasteiger partial charge in [0, 0.05) is 19.3 Å². The number of halogens is 10. The van der Waals surface area contributed by atoms with Gasteiger partial charge in [0.25, 0.3) is 0 Å². The van der Waals surface area contributed by atoms with Crippen LogP contribution in [0.1, 0.15) is 45.4 Å². The molecule has 1 saturated carbocycles. The van der Waals surface area contributed by atoms with Gasteiger partial charge in [0.15, 0.2) is 34.9 Å². The monoisotopic (exact) mass is 563 g/mol. The summed E-state index contributed by atoms with van der Waals surface area (Å²) in [6, 6.07) is 0. The molecule has 0 unspecified atom stereocenters. The molecule has 1 heterocycles. The third-order valence-electron chi connectivity index (χ3n) is 7.90. The van der Waals surface area contributed by atoms with Gasteiger partial charge in [-0.25, -0.2) is 54.5 Å². The first kappa shape index (κ1) is 29.0. The van der Waals surface area contributed by atoms with Crippen LogP contribution in [0.15, 0.2) is 24.2 Å². The van der Waals surface area contributed by atoms with Crippen molar-refractivity contribution in [3.8, 4) is 0 Å². The van der Waals surface area contributed by atoms with Crippen molar-refractivity contribution in [2.45, 2.75) is 51.3 Å². The van der Waals surface area contributed by atoms with E-state index in [2.05, 4.69) is 6.58 Å². The highest BCUT2D eigenvalue weighted by molar-refractivity contribution is 7.08. The molecule has 39 heavy (non-hydrogen) atoms. The van der Waals surface area contributed by atoms with E-state index in [9.17, 15) is 26.3 Å². The molecule has 0 N–H and O–H groups in total. The fourth-order valence-electron chi connectivity index (χ4n) is 6.26. The molecule has 1 atom stereocenters. The summed E-state index contributed by atoms with van der Waals surface area (Å²) < 4.78 is 151. The summed E-state index contributed by atoms with van der Waals surface area (Å²) in [4.78, 5) is 0. The van der Waals surface area contributed by atoms with Crippen LogP contribution in [0.4, 0.5) is 43.9 Å². The number of rotatable bonds is 5. The van der Waals surface area contributed by atoms with Gasteiger partial charge in [-0.15, -0.1) is 17.0 Å². The Hall–Kier alpha value is -3.05. The molecule has 2 fully saturated rings. The van der Waals surface area contributed by atoms with Gasteiger partial charge in [-0.2, -0.15) is 0 Å². The third-order valence-corrected chi connectivity index (χ3v) is 7.90. The average molecular weight is 563 g/mol. The van der Waals surface area contributed by atoms with Crippen LogP contribution in [0.5, 0.6) is 0 Å². The van der Waals surface area contributed by atoms with E-state index in [0.29, 0.717) is 44.5 Å². The summed E-state index contributed by atoms with van der Waals surface area (Å²) in [6.07, 6.45) is -0.633. The van der Waals surface area contributed by atoms with E-state index in [0.717, 1.165) is 12.1 Å². The van der Waals surface area contributed by atoms with Gasteiger partial charge in [-0.05, 0) is 13.3 Å². The lowest BCUT2D eigenvalue weighted by Gasteiger charge is -2.47. The van der Waals surface area contributed by atoms with Crippen molar-refractivity contribution in [1.82, 2.24) is 0 Å². The SMILES string of the molecule is C=C(C)/C=C/[B-](c1c(F)c(F)c(F)c(F)c1F)(c1c(F)c(F)c(F)c(F)c1F)[C@H]1CCCCC1=[N+]1CCCC1. The molecule has 4 rings (SSSR count). The minimum atomic E-state index is -4.06. The molecule has 0 spiro atoms. The zero-order valence-corrected chi connectivity index (χ0v) is 20.9. The number of allylic oxidation sites excluding steroid dienone is 2. The molecule has 0 bridgehead atoms. The highest BCUT2D eigenvalue weighted by Crippen LogP contribution is 2.40. The van der Waals surface area contributed by atoms with Crippen molar-refractivity contribution in [3.63, 3.8) is 0 Å². The molecule has 1 aliphatic heterocycles. The maximum Gasteiger partial charge on any atom is 0.200 e. The summed E-state index contributed by atoms with van der Waals surface area (Å²) in [7, 11) is 0. The van der Waals surface area contributed by atoms with Crippen LogP contribution in [0.3, 0.4) is 0 Å². The van der Waals surface area contributed by atoms with E-state index in [1.165, 1.54) is 6.92 Å². The van der Waals surface area contributed by atoms with Gasteiger partial charge in [0.1, 0.15) is 48.2 Å². The molecule has 1 nitrogen and oxygen atoms in total. The fourth-order valence-corrected chi connectivity index (χ4v) is 6.26. The molecule has 0 radical (unpaired) electrons. The van der Waals surface area contributed by atoms with Crippen LogP contribution in [-0.4, -0.2) is 29.5 Å². The topological polar surface area (TPSA) is 3.01 Å². The fraction of sp³-hybridized carbons (Fsp3) is 0.370. The van der Waals surface area contributed by atoms with E-state index in [4.69, 9.17) is 0 Å². The van der Waals surface area contributed by atoms with Crippen molar-refractivity contribution < 1.29 is 48.5 Å². The third kappa shape index (κ3) is 4.59. The molecule has 2 aromatic carbocycles. The van der Waals surface area contributed by atoms with Crippen LogP contribution < -0.4 is 10.9 Å². The largest absolute Gasteiger partial charge is 0.240 e. The number of hydrogen-bond donors (Lipinski definition) is 0. The van der Waals surface area contributed by atoms with E-state index in [-0.39, 0.29) is 18.4 Å². The minimum Gasteiger partial charge on any atom is -0.240 e. The first-order chi connectivity index (χ1) is 18.4. The van der Waals surface area contributed by atoms with Crippen LogP contribution in [-0.2, 0) is 0 Å². The average Bonchev–Trinajstić information content (AvgIpc) is 3.46. The zero-order chi connectivity index (χ0) is 28.8. The van der Waals surface area contributed by atoms with Gasteiger partial charge in [0.2, 0.25) is 0 Å². The predicted octanol–water partition coefficient (Wildman–Crippen LogP) is 6.50. The first-order valence-electron chi connectivity index (χ1n) is 12.5. The Kier molecular flexibility index (Phi) is 8.05. The van der Waals surface area contributed by atoms with E-state index in [1.807, 2.05) is 0 Å². The molecule has 1 saturated heterocycles. The highest BCUT2D eigenvalue weighted by atomic mass is 19.2. The molecular weight excluding hydrogens is 539 g/mol. The summed E-state index contributed by atoms with van der Waals surface area (Å²) in [5, 5.41) is 0. The van der Waals surface area contributed by atoms with Gasteiger partial charge in [0.05, 0.1) is 0 Å². The van der Waals surface area contributed by atoms with Crippen molar-refractivity contribution in [1.29, 1.82) is 0 Å². The quantitative estimate of drug-likeness (QED) is 0.0976. The van der Waals surface area contributed by atoms with Crippen LogP contribution in [0.2, 0.25) is 5.82 Å². The Balaban J connectivity index is 2.31. The minimum absolute atomic E-state index is 0.0780. The van der Waals surface area contributed by atoms with Crippen LogP contribution in [0, 0.1) is 58.2 Å². The zero-order valence-electron chi connectivity index (χ0n) is 20.9. The lowest BCUT2D eigenvalue weighted by Crippen LogP contribution is -2.68. The van der Waals surface area contributed by atoms with Gasteiger partial charge in [-0.3, -0.25) is 0 Å². The lowest BCUT2D eigenvalue weighted by atomic mass is 9.11. The smallest absolute Gasteiger partial charge is 0.200 e. The second-order valence-corrected chi connectivity index (χ2v) is 10.2. The van der Waals surface area contributed by atoms with E-state index >= 15 is 17.6 Å². The lowest BCUT2D eigenvalue weighted by molar-refractivity contribution is -0.508. The summed E-state index contributed by atoms with van der Waals surface area (Å²) in [5.74, 6) is -24.8. The van der Waals surface area contributed by atoms with E-state index in [1.54, 1.807) is 4.58 Å². The first-order valence-corrected chi connectivity index (χ1v) is 12.5. The second-order valence-electron chi connectivity index (χ2n) is 10.2. The summed E-state index contributed by atoms with van der Waals surface area (Å²) >= 11 is 0. The maximum atomic E-state index is 15.6. The molecule has 210 valence electrons. The number of nitrogens with zero attached hydrogens (tertiary/aromatic N) is 1. The molecule has 2 aromatic rings.